The molecule has 0 aliphatic carbocycles. The van der Waals surface area contributed by atoms with E-state index in [1.54, 1.807) is 11.3 Å². The van der Waals surface area contributed by atoms with Gasteiger partial charge in [-0.05, 0) is 12.8 Å². The van der Waals surface area contributed by atoms with Crippen molar-refractivity contribution >= 4 is 21.4 Å². The van der Waals surface area contributed by atoms with E-state index in [-0.39, 0.29) is 11.5 Å². The summed E-state index contributed by atoms with van der Waals surface area (Å²) in [4.78, 5) is 9.84. The second kappa shape index (κ2) is 6.10. The number of hydrogen-bond donors (Lipinski definition) is 1. The molecule has 134 valence electrons. The van der Waals surface area contributed by atoms with E-state index in [2.05, 4.69) is 36.2 Å². The van der Waals surface area contributed by atoms with Gasteiger partial charge in [-0.1, -0.05) is 32.1 Å². The van der Waals surface area contributed by atoms with Crippen molar-refractivity contribution in [2.75, 3.05) is 11.9 Å². The molecule has 1 saturated heterocycles. The van der Waals surface area contributed by atoms with Gasteiger partial charge in [0, 0.05) is 25.1 Å². The Kier molecular flexibility index (Phi) is 4.04. The van der Waals surface area contributed by atoms with Crippen molar-refractivity contribution in [3.05, 3.63) is 30.1 Å². The Balaban J connectivity index is 1.47. The molecule has 1 aliphatic rings. The van der Waals surface area contributed by atoms with Crippen LogP contribution < -0.4 is 5.32 Å². The first-order valence-corrected chi connectivity index (χ1v) is 9.43. The van der Waals surface area contributed by atoms with E-state index >= 15 is 0 Å². The van der Waals surface area contributed by atoms with E-state index in [4.69, 9.17) is 9.72 Å². The molecule has 1 N–H and O–H groups in total. The van der Waals surface area contributed by atoms with Gasteiger partial charge in [0.15, 0.2) is 0 Å². The fraction of sp³-hybridized carbons (Fsp3) is 0.588. The van der Waals surface area contributed by atoms with Crippen molar-refractivity contribution in [1.82, 2.24) is 24.1 Å². The van der Waals surface area contributed by atoms with Crippen molar-refractivity contribution in [2.45, 2.75) is 51.2 Å². The summed E-state index contributed by atoms with van der Waals surface area (Å²) in [5.41, 5.74) is 2.23. The summed E-state index contributed by atoms with van der Waals surface area (Å²) in [6.45, 7) is 7.24. The smallest absolute Gasteiger partial charge is 0.214 e. The van der Waals surface area contributed by atoms with Crippen LogP contribution in [0.1, 0.15) is 51.1 Å². The molecule has 0 aromatic carbocycles. The van der Waals surface area contributed by atoms with Crippen LogP contribution in [0.5, 0.6) is 0 Å². The number of nitrogens with one attached hydrogen (secondary N) is 1. The van der Waals surface area contributed by atoms with Gasteiger partial charge in [0.05, 0.1) is 30.1 Å². The first kappa shape index (κ1) is 16.5. The minimum absolute atomic E-state index is 0.0397. The van der Waals surface area contributed by atoms with Crippen LogP contribution in [0, 0.1) is 0 Å². The van der Waals surface area contributed by atoms with Crippen molar-refractivity contribution in [1.29, 1.82) is 0 Å². The summed E-state index contributed by atoms with van der Waals surface area (Å²) >= 11 is 1.60. The van der Waals surface area contributed by atoms with Crippen molar-refractivity contribution in [3.8, 4) is 0 Å². The maximum Gasteiger partial charge on any atom is 0.214 e. The van der Waals surface area contributed by atoms with Gasteiger partial charge in [-0.2, -0.15) is 0 Å². The molecule has 4 rings (SSSR count). The second-order valence-corrected chi connectivity index (χ2v) is 8.62. The summed E-state index contributed by atoms with van der Waals surface area (Å²) in [6, 6.07) is 0.339. The van der Waals surface area contributed by atoms with Crippen LogP contribution in [-0.4, -0.2) is 36.8 Å². The minimum atomic E-state index is 0.0397. The Bertz CT molecular complexity index is 842. The van der Waals surface area contributed by atoms with Crippen LogP contribution in [0.15, 0.2) is 18.7 Å². The lowest BCUT2D eigenvalue weighted by molar-refractivity contribution is 0.00558. The molecule has 3 aromatic heterocycles. The quantitative estimate of drug-likeness (QED) is 0.777. The third-order valence-corrected chi connectivity index (χ3v) is 5.46. The molecule has 0 spiro atoms. The molecule has 3 aromatic rings. The molecule has 2 atom stereocenters. The van der Waals surface area contributed by atoms with Crippen LogP contribution in [0.3, 0.4) is 0 Å². The highest BCUT2D eigenvalue weighted by molar-refractivity contribution is 7.20. The van der Waals surface area contributed by atoms with Gasteiger partial charge in [0.1, 0.15) is 6.10 Å². The third kappa shape index (κ3) is 3.28. The number of ether oxygens (including phenoxy) is 1. The van der Waals surface area contributed by atoms with Gasteiger partial charge in [-0.15, -0.1) is 5.10 Å². The lowest BCUT2D eigenvalue weighted by Crippen LogP contribution is -2.30. The molecule has 4 heterocycles. The number of rotatable bonds is 3. The monoisotopic (exact) mass is 360 g/mol. The third-order valence-electron chi connectivity index (χ3n) is 4.61. The Morgan fingerprint density at radius 3 is 2.88 bits per heavy atom. The normalized spacial score (nSPS) is 21.8. The van der Waals surface area contributed by atoms with Crippen molar-refractivity contribution < 1.29 is 4.74 Å². The molecule has 25 heavy (non-hydrogen) atoms. The van der Waals surface area contributed by atoms with Gasteiger partial charge in [0.2, 0.25) is 10.1 Å². The molecule has 0 saturated carbocycles. The zero-order chi connectivity index (χ0) is 17.6. The van der Waals surface area contributed by atoms with E-state index < -0.39 is 0 Å². The molecular weight excluding hydrogens is 336 g/mol. The summed E-state index contributed by atoms with van der Waals surface area (Å²) in [5.74, 6) is 0. The Morgan fingerprint density at radius 2 is 2.20 bits per heavy atom. The first-order chi connectivity index (χ1) is 11.9. The molecule has 8 heteroatoms. The lowest BCUT2D eigenvalue weighted by Gasteiger charge is -2.30. The Morgan fingerprint density at radius 1 is 1.36 bits per heavy atom. The standard InChI is InChI=1S/C17H24N6OS/c1-17(2,3)14-9-23-16(20-14)25-15(21-23)19-11-5-6-24-13(7-11)12-8-18-10-22(12)4/h8-11,13H,5-7H2,1-4H3,(H,19,21)/t11-,13-/m1/s1. The highest BCUT2D eigenvalue weighted by atomic mass is 32.1. The Hall–Kier alpha value is -1.93. The van der Waals surface area contributed by atoms with E-state index in [1.165, 1.54) is 0 Å². The molecule has 7 nitrogen and oxygen atoms in total. The van der Waals surface area contributed by atoms with Crippen LogP contribution in [0.2, 0.25) is 0 Å². The molecule has 0 unspecified atom stereocenters. The van der Waals surface area contributed by atoms with E-state index in [9.17, 15) is 0 Å². The fourth-order valence-electron chi connectivity index (χ4n) is 3.11. The van der Waals surface area contributed by atoms with Gasteiger partial charge in [0.25, 0.3) is 0 Å². The highest BCUT2D eigenvalue weighted by Gasteiger charge is 2.27. The predicted molar refractivity (Wildman–Crippen MR) is 98.1 cm³/mol. The van der Waals surface area contributed by atoms with Gasteiger partial charge in [-0.3, -0.25) is 0 Å². The number of fused-ring (bicyclic) bond motifs is 1. The number of hydrogen-bond acceptors (Lipinski definition) is 6. The van der Waals surface area contributed by atoms with E-state index in [0.29, 0.717) is 6.04 Å². The molecule has 1 fully saturated rings. The molecule has 0 amide bonds. The maximum atomic E-state index is 5.93. The zero-order valence-corrected chi connectivity index (χ0v) is 15.9. The number of aryl methyl sites for hydroxylation is 1. The predicted octanol–water partition coefficient (Wildman–Crippen LogP) is 3.15. The average molecular weight is 360 g/mol. The number of anilines is 1. The van der Waals surface area contributed by atoms with Crippen LogP contribution in [0.25, 0.3) is 4.96 Å². The molecule has 0 radical (unpaired) electrons. The largest absolute Gasteiger partial charge is 0.372 e. The fourth-order valence-corrected chi connectivity index (χ4v) is 3.96. The van der Waals surface area contributed by atoms with Gasteiger partial charge >= 0.3 is 0 Å². The Labute approximate surface area is 151 Å². The maximum absolute atomic E-state index is 5.93. The number of nitrogens with zero attached hydrogens (tertiary/aromatic N) is 5. The number of aromatic nitrogens is 5. The SMILES string of the molecule is Cn1cncc1[C@H]1C[C@H](Nc2nn3cc(C(C)(C)C)nc3s2)CCO1. The number of imidazole rings is 2. The second-order valence-electron chi connectivity index (χ2n) is 7.66. The molecular formula is C17H24N6OS. The highest BCUT2D eigenvalue weighted by Crippen LogP contribution is 2.31. The van der Waals surface area contributed by atoms with Gasteiger partial charge < -0.3 is 14.6 Å². The molecule has 1 aliphatic heterocycles. The molecule has 0 bridgehead atoms. The van der Waals surface area contributed by atoms with Crippen molar-refractivity contribution in [3.63, 3.8) is 0 Å². The summed E-state index contributed by atoms with van der Waals surface area (Å²) < 4.78 is 9.84. The minimum Gasteiger partial charge on any atom is -0.372 e. The zero-order valence-electron chi connectivity index (χ0n) is 15.1. The van der Waals surface area contributed by atoms with Crippen molar-refractivity contribution in [2.24, 2.45) is 7.05 Å². The van der Waals surface area contributed by atoms with Gasteiger partial charge in [-0.25, -0.2) is 14.5 Å². The average Bonchev–Trinajstić information content (AvgIpc) is 3.21. The lowest BCUT2D eigenvalue weighted by atomic mass is 9.93. The van der Waals surface area contributed by atoms with Crippen LogP contribution in [-0.2, 0) is 17.2 Å². The van der Waals surface area contributed by atoms with E-state index in [1.807, 2.05) is 34.9 Å². The van der Waals surface area contributed by atoms with Crippen LogP contribution in [0.4, 0.5) is 5.13 Å². The van der Waals surface area contributed by atoms with E-state index in [0.717, 1.165) is 40.9 Å². The topological polar surface area (TPSA) is 69.3 Å². The summed E-state index contributed by atoms with van der Waals surface area (Å²) in [5, 5.41) is 9.13. The van der Waals surface area contributed by atoms with Crippen LogP contribution >= 0.6 is 11.3 Å². The summed E-state index contributed by atoms with van der Waals surface area (Å²) in [7, 11) is 2.01. The first-order valence-electron chi connectivity index (χ1n) is 8.61. The summed E-state index contributed by atoms with van der Waals surface area (Å²) in [6.07, 6.45) is 7.70.